The van der Waals surface area contributed by atoms with Crippen LogP contribution < -0.4 is 0 Å². The SMILES string of the molecule is c1coc(Cc2ccc[se]2)c1. The third-order valence-corrected chi connectivity index (χ3v) is 3.35. The molecule has 0 unspecified atom stereocenters. The van der Waals surface area contributed by atoms with Crippen LogP contribution in [0.1, 0.15) is 10.2 Å². The van der Waals surface area contributed by atoms with Gasteiger partial charge in [0.2, 0.25) is 0 Å². The van der Waals surface area contributed by atoms with Crippen molar-refractivity contribution in [2.24, 2.45) is 0 Å². The molecule has 2 aromatic heterocycles. The van der Waals surface area contributed by atoms with Crippen molar-refractivity contribution in [2.75, 3.05) is 0 Å². The molecule has 0 atom stereocenters. The monoisotopic (exact) mass is 212 g/mol. The van der Waals surface area contributed by atoms with E-state index in [0.717, 1.165) is 12.2 Å². The first-order chi connectivity index (χ1) is 5.45. The molecule has 1 nitrogen and oxygen atoms in total. The Morgan fingerprint density at radius 3 is 2.91 bits per heavy atom. The molecule has 0 saturated heterocycles. The van der Waals surface area contributed by atoms with Gasteiger partial charge >= 0.3 is 71.0 Å². The third-order valence-electron chi connectivity index (χ3n) is 1.51. The second-order valence-electron chi connectivity index (χ2n) is 2.34. The maximum absolute atomic E-state index is 5.24. The Labute approximate surface area is 71.4 Å². The van der Waals surface area contributed by atoms with Gasteiger partial charge in [0.25, 0.3) is 0 Å². The second-order valence-corrected chi connectivity index (χ2v) is 4.50. The zero-order valence-corrected chi connectivity index (χ0v) is 7.70. The zero-order valence-electron chi connectivity index (χ0n) is 5.99. The molecule has 0 aliphatic heterocycles. The molecule has 0 aromatic carbocycles. The van der Waals surface area contributed by atoms with Crippen LogP contribution >= 0.6 is 0 Å². The Morgan fingerprint density at radius 2 is 2.27 bits per heavy atom. The number of hydrogen-bond acceptors (Lipinski definition) is 1. The molecule has 2 aromatic rings. The summed E-state index contributed by atoms with van der Waals surface area (Å²) in [7, 11) is 0. The zero-order chi connectivity index (χ0) is 7.52. The van der Waals surface area contributed by atoms with Crippen LogP contribution in [0.5, 0.6) is 0 Å². The van der Waals surface area contributed by atoms with Crippen LogP contribution in [0.25, 0.3) is 0 Å². The van der Waals surface area contributed by atoms with Gasteiger partial charge in [0.15, 0.2) is 0 Å². The van der Waals surface area contributed by atoms with Gasteiger partial charge in [0, 0.05) is 0 Å². The molecule has 0 amide bonds. The van der Waals surface area contributed by atoms with Crippen LogP contribution in [0, 0.1) is 0 Å². The van der Waals surface area contributed by atoms with Gasteiger partial charge in [0.05, 0.1) is 0 Å². The molecule has 0 spiro atoms. The van der Waals surface area contributed by atoms with Gasteiger partial charge in [-0.1, -0.05) is 0 Å². The maximum atomic E-state index is 5.24. The molecule has 0 aliphatic carbocycles. The van der Waals surface area contributed by atoms with Crippen molar-refractivity contribution in [3.05, 3.63) is 45.7 Å². The molecule has 0 aliphatic rings. The minimum atomic E-state index is 0.576. The Hall–Kier alpha value is -0.721. The summed E-state index contributed by atoms with van der Waals surface area (Å²) in [4.78, 5) is 2.23. The van der Waals surface area contributed by atoms with Gasteiger partial charge < -0.3 is 0 Å². The van der Waals surface area contributed by atoms with E-state index in [1.807, 2.05) is 12.1 Å². The predicted molar refractivity (Wildman–Crippen MR) is 44.9 cm³/mol. The summed E-state index contributed by atoms with van der Waals surface area (Å²) in [6, 6.07) is 8.27. The molecule has 0 radical (unpaired) electrons. The van der Waals surface area contributed by atoms with Gasteiger partial charge in [0.1, 0.15) is 0 Å². The molecule has 0 fully saturated rings. The normalized spacial score (nSPS) is 10.2. The van der Waals surface area contributed by atoms with Crippen molar-refractivity contribution >= 4 is 14.5 Å². The quantitative estimate of drug-likeness (QED) is 0.692. The molecule has 11 heavy (non-hydrogen) atoms. The van der Waals surface area contributed by atoms with Gasteiger partial charge in [-0.2, -0.15) is 0 Å². The van der Waals surface area contributed by atoms with E-state index >= 15 is 0 Å². The fourth-order valence-corrected chi connectivity index (χ4v) is 2.50. The van der Waals surface area contributed by atoms with E-state index in [2.05, 4.69) is 17.1 Å². The van der Waals surface area contributed by atoms with Crippen LogP contribution in [0.4, 0.5) is 0 Å². The molecular formula is C9H8OSe. The summed E-state index contributed by atoms with van der Waals surface area (Å²) < 4.78 is 6.73. The molecule has 2 rings (SSSR count). The standard InChI is InChI=1S/C9H8OSe/c1-3-8(10-5-1)7-9-4-2-6-11-9/h1-6H,7H2. The molecule has 56 valence electrons. The van der Waals surface area contributed by atoms with E-state index in [1.54, 1.807) is 6.26 Å². The van der Waals surface area contributed by atoms with Crippen molar-refractivity contribution in [1.29, 1.82) is 0 Å². The van der Waals surface area contributed by atoms with E-state index in [-0.39, 0.29) is 0 Å². The van der Waals surface area contributed by atoms with E-state index in [4.69, 9.17) is 4.42 Å². The molecule has 0 bridgehead atoms. The van der Waals surface area contributed by atoms with E-state index in [9.17, 15) is 0 Å². The van der Waals surface area contributed by atoms with Crippen LogP contribution in [0.3, 0.4) is 0 Å². The van der Waals surface area contributed by atoms with Crippen molar-refractivity contribution in [3.8, 4) is 0 Å². The van der Waals surface area contributed by atoms with Crippen LogP contribution in [-0.4, -0.2) is 14.5 Å². The molecule has 0 N–H and O–H groups in total. The second kappa shape index (κ2) is 3.12. The third kappa shape index (κ3) is 1.65. The minimum absolute atomic E-state index is 0.576. The van der Waals surface area contributed by atoms with E-state index < -0.39 is 0 Å². The predicted octanol–water partition coefficient (Wildman–Crippen LogP) is 1.93. The topological polar surface area (TPSA) is 13.1 Å². The van der Waals surface area contributed by atoms with Crippen molar-refractivity contribution in [3.63, 3.8) is 0 Å². The van der Waals surface area contributed by atoms with Crippen molar-refractivity contribution < 1.29 is 4.42 Å². The Bertz CT molecular complexity index is 262. The Kier molecular flexibility index (Phi) is 1.97. The van der Waals surface area contributed by atoms with Crippen LogP contribution in [0.15, 0.2) is 39.9 Å². The van der Waals surface area contributed by atoms with Crippen molar-refractivity contribution in [2.45, 2.75) is 6.42 Å². The van der Waals surface area contributed by atoms with Crippen LogP contribution in [0.2, 0.25) is 0 Å². The molecule has 2 heterocycles. The summed E-state index contributed by atoms with van der Waals surface area (Å²) in [6.45, 7) is 0. The first-order valence-corrected chi connectivity index (χ1v) is 5.34. The summed E-state index contributed by atoms with van der Waals surface area (Å²) in [6.07, 6.45) is 2.71. The Balaban J connectivity index is 2.14. The molecule has 0 saturated carbocycles. The first kappa shape index (κ1) is 6.96. The van der Waals surface area contributed by atoms with Crippen LogP contribution in [-0.2, 0) is 6.42 Å². The number of furan rings is 1. The van der Waals surface area contributed by atoms with Crippen molar-refractivity contribution in [1.82, 2.24) is 0 Å². The summed E-state index contributed by atoms with van der Waals surface area (Å²) >= 11 is 0.576. The van der Waals surface area contributed by atoms with Gasteiger partial charge in [-0.05, 0) is 0 Å². The molecular weight excluding hydrogens is 203 g/mol. The average molecular weight is 211 g/mol. The fraction of sp³-hybridized carbons (Fsp3) is 0.111. The summed E-state index contributed by atoms with van der Waals surface area (Å²) in [5.74, 6) is 1.07. The number of hydrogen-bond donors (Lipinski definition) is 0. The summed E-state index contributed by atoms with van der Waals surface area (Å²) in [5, 5.41) is 0. The average Bonchev–Trinajstić information content (AvgIpc) is 2.60. The first-order valence-electron chi connectivity index (χ1n) is 3.50. The summed E-state index contributed by atoms with van der Waals surface area (Å²) in [5.41, 5.74) is 0. The van der Waals surface area contributed by atoms with Gasteiger partial charge in [-0.25, -0.2) is 0 Å². The molecule has 2 heteroatoms. The number of rotatable bonds is 2. The Morgan fingerprint density at radius 1 is 1.27 bits per heavy atom. The van der Waals surface area contributed by atoms with Gasteiger partial charge in [-0.15, -0.1) is 0 Å². The van der Waals surface area contributed by atoms with E-state index in [1.165, 1.54) is 4.44 Å². The van der Waals surface area contributed by atoms with E-state index in [0.29, 0.717) is 14.5 Å². The fourth-order valence-electron chi connectivity index (χ4n) is 0.998. The van der Waals surface area contributed by atoms with Gasteiger partial charge in [-0.3, -0.25) is 0 Å².